The number of carboxylic acid groups (broad SMARTS) is 1. The quantitative estimate of drug-likeness (QED) is 0.357. The fourth-order valence-corrected chi connectivity index (χ4v) is 4.73. The summed E-state index contributed by atoms with van der Waals surface area (Å²) in [5.74, 6) is -2.03. The molecule has 0 aromatic heterocycles. The molecule has 0 fully saturated rings. The molecule has 9 heteroatoms. The molecule has 4 rings (SSSR count). The highest BCUT2D eigenvalue weighted by Gasteiger charge is 2.30. The van der Waals surface area contributed by atoms with Crippen molar-refractivity contribution in [3.05, 3.63) is 92.9 Å². The Morgan fingerprint density at radius 1 is 1.00 bits per heavy atom. The van der Waals surface area contributed by atoms with E-state index in [9.17, 15) is 19.5 Å². The summed E-state index contributed by atoms with van der Waals surface area (Å²) in [4.78, 5) is 36.6. The van der Waals surface area contributed by atoms with Gasteiger partial charge in [0.15, 0.2) is 0 Å². The molecule has 0 aliphatic heterocycles. The van der Waals surface area contributed by atoms with E-state index in [0.29, 0.717) is 10.6 Å². The van der Waals surface area contributed by atoms with E-state index in [2.05, 4.69) is 26.6 Å². The number of carboxylic acids is 1. The maximum atomic E-state index is 12.7. The van der Waals surface area contributed by atoms with E-state index in [1.54, 1.807) is 18.2 Å². The van der Waals surface area contributed by atoms with Gasteiger partial charge in [-0.3, -0.25) is 9.59 Å². The minimum Gasteiger partial charge on any atom is -0.481 e. The average Bonchev–Trinajstić information content (AvgIpc) is 3.16. The van der Waals surface area contributed by atoms with Crippen LogP contribution in [0.15, 0.2) is 71.2 Å². The first kappa shape index (κ1) is 24.8. The van der Waals surface area contributed by atoms with Gasteiger partial charge in [0.2, 0.25) is 5.91 Å². The summed E-state index contributed by atoms with van der Waals surface area (Å²) < 4.78 is 6.19. The van der Waals surface area contributed by atoms with Gasteiger partial charge in [-0.2, -0.15) is 0 Å². The Morgan fingerprint density at radius 2 is 1.63 bits per heavy atom. The van der Waals surface area contributed by atoms with E-state index in [1.807, 2.05) is 48.5 Å². The highest BCUT2D eigenvalue weighted by Crippen LogP contribution is 2.44. The Hall–Kier alpha value is -3.36. The van der Waals surface area contributed by atoms with Crippen LogP contribution in [0.2, 0.25) is 5.02 Å². The van der Waals surface area contributed by atoms with Crippen molar-refractivity contribution in [3.8, 4) is 11.1 Å². The molecule has 1 aliphatic rings. The van der Waals surface area contributed by atoms with E-state index in [1.165, 1.54) is 0 Å². The summed E-state index contributed by atoms with van der Waals surface area (Å²) in [6, 6.07) is 19.7. The predicted molar refractivity (Wildman–Crippen MR) is 135 cm³/mol. The molecule has 3 N–H and O–H groups in total. The number of carbonyl (C=O) groups is 3. The van der Waals surface area contributed by atoms with Crippen LogP contribution in [0.5, 0.6) is 0 Å². The highest BCUT2D eigenvalue weighted by molar-refractivity contribution is 9.10. The van der Waals surface area contributed by atoms with Crippen molar-refractivity contribution in [2.24, 2.45) is 0 Å². The minimum atomic E-state index is -1.30. The maximum absolute atomic E-state index is 12.7. The Bertz CT molecular complexity index is 1240. The lowest BCUT2D eigenvalue weighted by molar-refractivity contribution is -0.139. The molecular formula is C26H22BrClN2O5. The smallest absolute Gasteiger partial charge is 0.407 e. The largest absolute Gasteiger partial charge is 0.481 e. The van der Waals surface area contributed by atoms with Crippen molar-refractivity contribution >= 4 is 45.5 Å². The number of carbonyl (C=O) groups excluding carboxylic acids is 2. The molecule has 3 aromatic rings. The summed E-state index contributed by atoms with van der Waals surface area (Å²) >= 11 is 9.38. The maximum Gasteiger partial charge on any atom is 0.407 e. The summed E-state index contributed by atoms with van der Waals surface area (Å²) in [5.41, 5.74) is 4.99. The highest BCUT2D eigenvalue weighted by atomic mass is 79.9. The minimum absolute atomic E-state index is 0.0523. The van der Waals surface area contributed by atoms with Crippen molar-refractivity contribution in [2.75, 3.05) is 6.61 Å². The molecule has 180 valence electrons. The van der Waals surface area contributed by atoms with Crippen LogP contribution < -0.4 is 10.6 Å². The van der Waals surface area contributed by atoms with Crippen LogP contribution in [-0.4, -0.2) is 35.7 Å². The van der Waals surface area contributed by atoms with Gasteiger partial charge in [-0.25, -0.2) is 4.79 Å². The number of amides is 2. The van der Waals surface area contributed by atoms with Gasteiger partial charge in [-0.05, 0) is 46.0 Å². The van der Waals surface area contributed by atoms with Crippen LogP contribution in [0.1, 0.15) is 29.0 Å². The van der Waals surface area contributed by atoms with Crippen molar-refractivity contribution in [1.82, 2.24) is 10.6 Å². The zero-order valence-corrected chi connectivity index (χ0v) is 20.8. The number of hydrogen-bond acceptors (Lipinski definition) is 4. The number of hydrogen-bond donors (Lipinski definition) is 3. The van der Waals surface area contributed by atoms with Crippen molar-refractivity contribution in [3.63, 3.8) is 0 Å². The first-order chi connectivity index (χ1) is 16.8. The van der Waals surface area contributed by atoms with Crippen LogP contribution in [-0.2, 0) is 20.9 Å². The molecular weight excluding hydrogens is 536 g/mol. The van der Waals surface area contributed by atoms with Crippen LogP contribution >= 0.6 is 27.5 Å². The standard InChI is InChI=1S/C26H22BrClN2O5/c27-22-10-9-16(28)11-15(22)13-29-25(33)23(12-24(31)32)30-26(34)35-14-21-19-7-3-1-5-17(19)18-6-2-4-8-20(18)21/h1-11,21,23H,12-14H2,(H,29,33)(H,30,34)(H,31,32). The van der Waals surface area contributed by atoms with Gasteiger partial charge in [-0.15, -0.1) is 0 Å². The van der Waals surface area contributed by atoms with Crippen LogP contribution in [0.25, 0.3) is 11.1 Å². The molecule has 0 heterocycles. The van der Waals surface area contributed by atoms with Gasteiger partial charge in [0, 0.05) is 22.0 Å². The topological polar surface area (TPSA) is 105 Å². The van der Waals surface area contributed by atoms with E-state index >= 15 is 0 Å². The van der Waals surface area contributed by atoms with E-state index in [4.69, 9.17) is 16.3 Å². The van der Waals surface area contributed by atoms with E-state index in [-0.39, 0.29) is 19.1 Å². The number of benzene rings is 3. The number of halogens is 2. The summed E-state index contributed by atoms with van der Waals surface area (Å²) in [7, 11) is 0. The van der Waals surface area contributed by atoms with Gasteiger partial charge in [0.1, 0.15) is 12.6 Å². The molecule has 1 aliphatic carbocycles. The molecule has 0 spiro atoms. The number of nitrogens with one attached hydrogen (secondary N) is 2. The second kappa shape index (κ2) is 10.9. The van der Waals surface area contributed by atoms with Crippen molar-refractivity contribution < 1.29 is 24.2 Å². The zero-order chi connectivity index (χ0) is 24.9. The van der Waals surface area contributed by atoms with Crippen LogP contribution in [0, 0.1) is 0 Å². The average molecular weight is 558 g/mol. The molecule has 2 amide bonds. The van der Waals surface area contributed by atoms with Gasteiger partial charge in [0.05, 0.1) is 6.42 Å². The van der Waals surface area contributed by atoms with E-state index in [0.717, 1.165) is 26.7 Å². The Kier molecular flexibility index (Phi) is 7.73. The third-order valence-electron chi connectivity index (χ3n) is 5.79. The number of fused-ring (bicyclic) bond motifs is 3. The SMILES string of the molecule is O=C(O)CC(NC(=O)OCC1c2ccccc2-c2ccccc21)C(=O)NCc1cc(Cl)ccc1Br. The molecule has 0 bridgehead atoms. The van der Waals surface area contributed by atoms with Gasteiger partial charge < -0.3 is 20.5 Å². The van der Waals surface area contributed by atoms with Gasteiger partial charge in [0.25, 0.3) is 0 Å². The molecule has 35 heavy (non-hydrogen) atoms. The summed E-state index contributed by atoms with van der Waals surface area (Å²) in [5, 5.41) is 14.8. The fourth-order valence-electron chi connectivity index (χ4n) is 4.15. The molecule has 1 unspecified atom stereocenters. The molecule has 3 aromatic carbocycles. The van der Waals surface area contributed by atoms with Crippen LogP contribution in [0.3, 0.4) is 0 Å². The third kappa shape index (κ3) is 5.83. The number of ether oxygens (including phenoxy) is 1. The van der Waals surface area contributed by atoms with Crippen LogP contribution in [0.4, 0.5) is 4.79 Å². The lowest BCUT2D eigenvalue weighted by Gasteiger charge is -2.19. The third-order valence-corrected chi connectivity index (χ3v) is 6.80. The van der Waals surface area contributed by atoms with E-state index < -0.39 is 30.4 Å². The second-order valence-corrected chi connectivity index (χ2v) is 9.36. The normalized spacial score (nSPS) is 12.9. The fraction of sp³-hybridized carbons (Fsp3) is 0.192. The van der Waals surface area contributed by atoms with Crippen molar-refractivity contribution in [2.45, 2.75) is 24.9 Å². The molecule has 0 saturated heterocycles. The number of rotatable bonds is 8. The van der Waals surface area contributed by atoms with Gasteiger partial charge >= 0.3 is 12.1 Å². The first-order valence-corrected chi connectivity index (χ1v) is 12.1. The Balaban J connectivity index is 1.39. The lowest BCUT2D eigenvalue weighted by Crippen LogP contribution is -2.48. The second-order valence-electron chi connectivity index (χ2n) is 8.07. The number of alkyl carbamates (subject to hydrolysis) is 1. The monoisotopic (exact) mass is 556 g/mol. The predicted octanol–water partition coefficient (Wildman–Crippen LogP) is 5.10. The first-order valence-electron chi connectivity index (χ1n) is 10.9. The Morgan fingerprint density at radius 3 is 2.26 bits per heavy atom. The summed E-state index contributed by atoms with van der Waals surface area (Å²) in [6.07, 6.45) is -1.45. The van der Waals surface area contributed by atoms with Gasteiger partial charge in [-0.1, -0.05) is 76.1 Å². The molecule has 0 saturated carbocycles. The van der Waals surface area contributed by atoms with Crippen molar-refractivity contribution in [1.29, 1.82) is 0 Å². The summed E-state index contributed by atoms with van der Waals surface area (Å²) in [6.45, 7) is 0.152. The Labute approximate surface area is 215 Å². The molecule has 1 atom stereocenters. The molecule has 7 nitrogen and oxygen atoms in total. The number of aliphatic carboxylic acids is 1. The zero-order valence-electron chi connectivity index (χ0n) is 18.5. The lowest BCUT2D eigenvalue weighted by atomic mass is 9.98. The molecule has 0 radical (unpaired) electrons.